The van der Waals surface area contributed by atoms with E-state index in [1.54, 1.807) is 0 Å². The van der Waals surface area contributed by atoms with Crippen molar-refractivity contribution in [3.05, 3.63) is 39.9 Å². The molecule has 0 saturated carbocycles. The lowest BCUT2D eigenvalue weighted by Crippen LogP contribution is -2.29. The highest BCUT2D eigenvalue weighted by Crippen LogP contribution is 2.29. The monoisotopic (exact) mass is 336 g/mol. The van der Waals surface area contributed by atoms with Gasteiger partial charge in [-0.1, -0.05) is 23.7 Å². The van der Waals surface area contributed by atoms with E-state index < -0.39 is 0 Å². The van der Waals surface area contributed by atoms with E-state index in [-0.39, 0.29) is 5.91 Å². The van der Waals surface area contributed by atoms with Crippen LogP contribution in [-0.4, -0.2) is 30.6 Å². The molecule has 1 N–H and O–H groups in total. The number of halogens is 1. The van der Waals surface area contributed by atoms with Crippen molar-refractivity contribution in [3.63, 3.8) is 0 Å². The molecule has 1 aromatic heterocycles. The maximum Gasteiger partial charge on any atom is 0.263 e. The van der Waals surface area contributed by atoms with E-state index in [0.29, 0.717) is 22.4 Å². The number of aromatic nitrogens is 1. The first-order valence-corrected chi connectivity index (χ1v) is 8.42. The van der Waals surface area contributed by atoms with Gasteiger partial charge in [-0.2, -0.15) is 0 Å². The molecular weight excluding hydrogens is 320 g/mol. The molecular formula is C16H17ClN2O2S. The lowest BCUT2D eigenvalue weighted by atomic mass is 10.1. The van der Waals surface area contributed by atoms with Gasteiger partial charge in [-0.25, -0.2) is 4.98 Å². The number of amides is 1. The van der Waals surface area contributed by atoms with Gasteiger partial charge in [0.05, 0.1) is 12.3 Å². The van der Waals surface area contributed by atoms with Crippen molar-refractivity contribution >= 4 is 28.8 Å². The van der Waals surface area contributed by atoms with Crippen LogP contribution in [-0.2, 0) is 4.74 Å². The van der Waals surface area contributed by atoms with Gasteiger partial charge in [-0.3, -0.25) is 4.79 Å². The standard InChI is InChI=1S/C16H17ClN2O2S/c1-10-14(15(20)18-8-11-5-6-21-9-11)22-16(19-10)12-3-2-4-13(17)7-12/h2-4,7,11H,5-6,8-9H2,1H3,(H,18,20)/t11-/m1/s1. The van der Waals surface area contributed by atoms with Crippen LogP contribution in [0.3, 0.4) is 0 Å². The lowest BCUT2D eigenvalue weighted by Gasteiger charge is -2.08. The zero-order valence-electron chi connectivity index (χ0n) is 12.3. The molecule has 4 nitrogen and oxygen atoms in total. The van der Waals surface area contributed by atoms with E-state index in [4.69, 9.17) is 16.3 Å². The second kappa shape index (κ2) is 6.77. The summed E-state index contributed by atoms with van der Waals surface area (Å²) in [6.45, 7) is 4.04. The number of hydrogen-bond acceptors (Lipinski definition) is 4. The first-order chi connectivity index (χ1) is 10.6. The molecule has 1 atom stereocenters. The molecule has 1 aliphatic rings. The predicted molar refractivity (Wildman–Crippen MR) is 88.6 cm³/mol. The van der Waals surface area contributed by atoms with Crippen LogP contribution in [0, 0.1) is 12.8 Å². The molecule has 0 spiro atoms. The van der Waals surface area contributed by atoms with E-state index in [0.717, 1.165) is 35.9 Å². The van der Waals surface area contributed by atoms with Gasteiger partial charge in [0.25, 0.3) is 5.91 Å². The van der Waals surface area contributed by atoms with Crippen LogP contribution in [0.5, 0.6) is 0 Å². The molecule has 1 aromatic carbocycles. The summed E-state index contributed by atoms with van der Waals surface area (Å²) in [5.41, 5.74) is 1.68. The maximum atomic E-state index is 12.3. The fourth-order valence-corrected chi connectivity index (χ4v) is 3.58. The van der Waals surface area contributed by atoms with Gasteiger partial charge in [-0.05, 0) is 25.5 Å². The molecule has 1 amide bonds. The zero-order chi connectivity index (χ0) is 15.5. The van der Waals surface area contributed by atoms with Crippen molar-refractivity contribution in [1.82, 2.24) is 10.3 Å². The van der Waals surface area contributed by atoms with E-state index in [1.807, 2.05) is 31.2 Å². The molecule has 6 heteroatoms. The van der Waals surface area contributed by atoms with Crippen LogP contribution >= 0.6 is 22.9 Å². The Balaban J connectivity index is 1.72. The Bertz CT molecular complexity index is 681. The maximum absolute atomic E-state index is 12.3. The smallest absolute Gasteiger partial charge is 0.263 e. The third-order valence-electron chi connectivity index (χ3n) is 3.65. The third-order valence-corrected chi connectivity index (χ3v) is 5.09. The Morgan fingerprint density at radius 1 is 1.55 bits per heavy atom. The molecule has 116 valence electrons. The predicted octanol–water partition coefficient (Wildman–Crippen LogP) is 3.54. The summed E-state index contributed by atoms with van der Waals surface area (Å²) in [7, 11) is 0. The highest BCUT2D eigenvalue weighted by Gasteiger charge is 2.20. The lowest BCUT2D eigenvalue weighted by molar-refractivity contribution is 0.0948. The second-order valence-electron chi connectivity index (χ2n) is 5.38. The molecule has 0 unspecified atom stereocenters. The number of ether oxygens (including phenoxy) is 1. The first-order valence-electron chi connectivity index (χ1n) is 7.23. The molecule has 0 aliphatic carbocycles. The van der Waals surface area contributed by atoms with Gasteiger partial charge < -0.3 is 10.1 Å². The Labute approximate surface area is 138 Å². The largest absolute Gasteiger partial charge is 0.381 e. The number of nitrogens with one attached hydrogen (secondary N) is 1. The number of benzene rings is 1. The summed E-state index contributed by atoms with van der Waals surface area (Å²) in [6.07, 6.45) is 1.01. The van der Waals surface area contributed by atoms with Crippen molar-refractivity contribution in [1.29, 1.82) is 0 Å². The molecule has 0 bridgehead atoms. The minimum Gasteiger partial charge on any atom is -0.381 e. The van der Waals surface area contributed by atoms with Gasteiger partial charge in [0.15, 0.2) is 0 Å². The van der Waals surface area contributed by atoms with Crippen molar-refractivity contribution in [2.45, 2.75) is 13.3 Å². The molecule has 22 heavy (non-hydrogen) atoms. The number of thiazole rings is 1. The topological polar surface area (TPSA) is 51.2 Å². The summed E-state index contributed by atoms with van der Waals surface area (Å²) in [4.78, 5) is 17.5. The fraction of sp³-hybridized carbons (Fsp3) is 0.375. The van der Waals surface area contributed by atoms with Gasteiger partial charge in [0, 0.05) is 29.7 Å². The first kappa shape index (κ1) is 15.5. The number of hydrogen-bond donors (Lipinski definition) is 1. The van der Waals surface area contributed by atoms with Gasteiger partial charge in [0.2, 0.25) is 0 Å². The average Bonchev–Trinajstić information content (AvgIpc) is 3.14. The van der Waals surface area contributed by atoms with Crippen LogP contribution in [0.4, 0.5) is 0 Å². The molecule has 1 aliphatic heterocycles. The minimum absolute atomic E-state index is 0.0600. The Morgan fingerprint density at radius 2 is 2.41 bits per heavy atom. The second-order valence-corrected chi connectivity index (χ2v) is 6.82. The summed E-state index contributed by atoms with van der Waals surface area (Å²) in [5, 5.41) is 4.46. The minimum atomic E-state index is -0.0600. The van der Waals surface area contributed by atoms with Gasteiger partial charge in [0.1, 0.15) is 9.88 Å². The number of nitrogens with zero attached hydrogens (tertiary/aromatic N) is 1. The quantitative estimate of drug-likeness (QED) is 0.929. The van der Waals surface area contributed by atoms with E-state index >= 15 is 0 Å². The molecule has 2 aromatic rings. The van der Waals surface area contributed by atoms with Crippen LogP contribution < -0.4 is 5.32 Å². The normalized spacial score (nSPS) is 17.6. The fourth-order valence-electron chi connectivity index (χ4n) is 2.41. The number of aryl methyl sites for hydroxylation is 1. The van der Waals surface area contributed by atoms with Crippen molar-refractivity contribution in [3.8, 4) is 10.6 Å². The van der Waals surface area contributed by atoms with Crippen LogP contribution in [0.2, 0.25) is 5.02 Å². The Morgan fingerprint density at radius 3 is 3.14 bits per heavy atom. The zero-order valence-corrected chi connectivity index (χ0v) is 13.8. The van der Waals surface area contributed by atoms with Crippen LogP contribution in [0.25, 0.3) is 10.6 Å². The summed E-state index contributed by atoms with van der Waals surface area (Å²) < 4.78 is 5.32. The van der Waals surface area contributed by atoms with Crippen LogP contribution in [0.1, 0.15) is 21.8 Å². The summed E-state index contributed by atoms with van der Waals surface area (Å²) in [6, 6.07) is 7.51. The highest BCUT2D eigenvalue weighted by molar-refractivity contribution is 7.17. The van der Waals surface area contributed by atoms with E-state index in [2.05, 4.69) is 10.3 Å². The highest BCUT2D eigenvalue weighted by atomic mass is 35.5. The average molecular weight is 337 g/mol. The molecule has 1 fully saturated rings. The van der Waals surface area contributed by atoms with Gasteiger partial charge in [-0.15, -0.1) is 11.3 Å². The molecule has 3 rings (SSSR count). The van der Waals surface area contributed by atoms with E-state index in [9.17, 15) is 4.79 Å². The Kier molecular flexibility index (Phi) is 4.76. The Hall–Kier alpha value is -1.43. The SMILES string of the molecule is Cc1nc(-c2cccc(Cl)c2)sc1C(=O)NC[C@H]1CCOC1. The van der Waals surface area contributed by atoms with Crippen molar-refractivity contribution < 1.29 is 9.53 Å². The third kappa shape index (κ3) is 3.48. The number of carbonyl (C=O) groups is 1. The van der Waals surface area contributed by atoms with E-state index in [1.165, 1.54) is 11.3 Å². The van der Waals surface area contributed by atoms with Gasteiger partial charge >= 0.3 is 0 Å². The molecule has 0 radical (unpaired) electrons. The number of rotatable bonds is 4. The van der Waals surface area contributed by atoms with Crippen LogP contribution in [0.15, 0.2) is 24.3 Å². The summed E-state index contributed by atoms with van der Waals surface area (Å²) in [5.74, 6) is 0.361. The molecule has 2 heterocycles. The number of carbonyl (C=O) groups excluding carboxylic acids is 1. The molecule has 1 saturated heterocycles. The summed E-state index contributed by atoms with van der Waals surface area (Å²) >= 11 is 7.41. The van der Waals surface area contributed by atoms with Crippen molar-refractivity contribution in [2.75, 3.05) is 19.8 Å². The van der Waals surface area contributed by atoms with Crippen molar-refractivity contribution in [2.24, 2.45) is 5.92 Å².